The second-order valence-corrected chi connectivity index (χ2v) is 10.1. The normalized spacial score (nSPS) is 20.0. The van der Waals surface area contributed by atoms with Crippen molar-refractivity contribution in [3.63, 3.8) is 0 Å². The summed E-state index contributed by atoms with van der Waals surface area (Å²) in [6.45, 7) is 5.47. The van der Waals surface area contributed by atoms with E-state index in [4.69, 9.17) is 10.5 Å². The minimum absolute atomic E-state index is 0.0828. The van der Waals surface area contributed by atoms with E-state index >= 15 is 0 Å². The number of esters is 1. The lowest BCUT2D eigenvalue weighted by Gasteiger charge is -2.35. The van der Waals surface area contributed by atoms with Gasteiger partial charge >= 0.3 is 11.9 Å². The van der Waals surface area contributed by atoms with Crippen molar-refractivity contribution in [1.29, 1.82) is 0 Å². The Morgan fingerprint density at radius 3 is 2.13 bits per heavy atom. The molecule has 0 aliphatic heterocycles. The first-order valence-corrected chi connectivity index (χ1v) is 11.1. The number of amides is 1. The van der Waals surface area contributed by atoms with Crippen molar-refractivity contribution in [2.75, 3.05) is 6.54 Å². The van der Waals surface area contributed by atoms with Gasteiger partial charge in [-0.05, 0) is 51.2 Å². The van der Waals surface area contributed by atoms with E-state index in [-0.39, 0.29) is 31.7 Å². The van der Waals surface area contributed by atoms with Gasteiger partial charge in [-0.15, -0.1) is 0 Å². The van der Waals surface area contributed by atoms with E-state index < -0.39 is 34.4 Å². The highest BCUT2D eigenvalue weighted by molar-refractivity contribution is 5.91. The highest BCUT2D eigenvalue weighted by atomic mass is 16.6. The van der Waals surface area contributed by atoms with E-state index in [9.17, 15) is 19.5 Å². The van der Waals surface area contributed by atoms with E-state index in [2.05, 4.69) is 5.32 Å². The topological polar surface area (TPSA) is 119 Å². The highest BCUT2D eigenvalue weighted by Crippen LogP contribution is 2.45. The number of nitrogens with one attached hydrogen (secondary N) is 1. The Morgan fingerprint density at radius 2 is 1.68 bits per heavy atom. The van der Waals surface area contributed by atoms with Crippen LogP contribution in [0.5, 0.6) is 0 Å². The zero-order valence-electron chi connectivity index (χ0n) is 18.7. The van der Waals surface area contributed by atoms with E-state index in [0.29, 0.717) is 12.8 Å². The summed E-state index contributed by atoms with van der Waals surface area (Å²) in [7, 11) is 0. The molecule has 1 atom stereocenters. The van der Waals surface area contributed by atoms with Crippen LogP contribution >= 0.6 is 0 Å². The lowest BCUT2D eigenvalue weighted by atomic mass is 9.76. The average molecular weight is 431 g/mol. The molecular weight excluding hydrogens is 396 g/mol. The summed E-state index contributed by atoms with van der Waals surface area (Å²) in [4.78, 5) is 38.5. The SMILES string of the molecule is CC(C)(C)OC(=O)C(CN)CC1(C(=O)NC2(C(=O)O)Cc3ccccc3C2)CCCC1. The Hall–Kier alpha value is -2.41. The molecule has 0 spiro atoms. The molecular formula is C24H34N2O5. The van der Waals surface area contributed by atoms with Crippen LogP contribution in [0.4, 0.5) is 0 Å². The third-order valence-corrected chi connectivity index (χ3v) is 6.57. The third-order valence-electron chi connectivity index (χ3n) is 6.57. The summed E-state index contributed by atoms with van der Waals surface area (Å²) in [5, 5.41) is 13.0. The molecule has 7 nitrogen and oxygen atoms in total. The lowest BCUT2D eigenvalue weighted by Crippen LogP contribution is -2.59. The number of carboxylic acids is 1. The van der Waals surface area contributed by atoms with Crippen LogP contribution in [0.2, 0.25) is 0 Å². The molecule has 31 heavy (non-hydrogen) atoms. The van der Waals surface area contributed by atoms with Crippen LogP contribution in [0.3, 0.4) is 0 Å². The Labute approximate surface area is 183 Å². The standard InChI is InChI=1S/C24H34N2O5/c1-22(2,3)31-19(27)18(15-25)12-23(10-6-7-11-23)20(28)26-24(21(29)30)13-16-8-4-5-9-17(16)14-24/h4-5,8-9,18H,6-7,10-15,25H2,1-3H3,(H,26,28)(H,29,30). The third kappa shape index (κ3) is 4.92. The van der Waals surface area contributed by atoms with Gasteiger partial charge in [-0.1, -0.05) is 37.1 Å². The number of rotatable bonds is 7. The second kappa shape index (κ2) is 8.61. The van der Waals surface area contributed by atoms with Gasteiger partial charge in [-0.2, -0.15) is 0 Å². The Kier molecular flexibility index (Phi) is 6.46. The summed E-state index contributed by atoms with van der Waals surface area (Å²) < 4.78 is 5.51. The number of carbonyl (C=O) groups is 3. The molecule has 0 saturated heterocycles. The highest BCUT2D eigenvalue weighted by Gasteiger charge is 2.51. The molecule has 1 unspecified atom stereocenters. The van der Waals surface area contributed by atoms with Crippen molar-refractivity contribution in [2.45, 2.75) is 76.9 Å². The van der Waals surface area contributed by atoms with Crippen molar-refractivity contribution >= 4 is 17.8 Å². The van der Waals surface area contributed by atoms with Crippen LogP contribution in [0.25, 0.3) is 0 Å². The van der Waals surface area contributed by atoms with Crippen molar-refractivity contribution in [2.24, 2.45) is 17.1 Å². The second-order valence-electron chi connectivity index (χ2n) is 10.1. The zero-order valence-corrected chi connectivity index (χ0v) is 18.7. The number of benzene rings is 1. The van der Waals surface area contributed by atoms with E-state index in [1.165, 1.54) is 0 Å². The zero-order chi connectivity index (χ0) is 22.9. The van der Waals surface area contributed by atoms with Gasteiger partial charge in [-0.3, -0.25) is 9.59 Å². The fourth-order valence-electron chi connectivity index (χ4n) is 4.95. The van der Waals surface area contributed by atoms with Gasteiger partial charge in [0.05, 0.1) is 11.3 Å². The van der Waals surface area contributed by atoms with Gasteiger partial charge in [0.25, 0.3) is 0 Å². The predicted molar refractivity (Wildman–Crippen MR) is 116 cm³/mol. The molecule has 1 fully saturated rings. The van der Waals surface area contributed by atoms with Gasteiger partial charge in [0.15, 0.2) is 0 Å². The molecule has 2 aliphatic rings. The Balaban J connectivity index is 1.81. The minimum atomic E-state index is -1.36. The van der Waals surface area contributed by atoms with Gasteiger partial charge in [0.2, 0.25) is 5.91 Å². The molecule has 0 radical (unpaired) electrons. The molecule has 0 bridgehead atoms. The summed E-state index contributed by atoms with van der Waals surface area (Å²) in [5.41, 5.74) is 4.98. The van der Waals surface area contributed by atoms with E-state index in [1.54, 1.807) is 20.8 Å². The maximum atomic E-state index is 13.6. The van der Waals surface area contributed by atoms with Gasteiger partial charge in [-0.25, -0.2) is 4.79 Å². The smallest absolute Gasteiger partial charge is 0.330 e. The minimum Gasteiger partial charge on any atom is -0.479 e. The van der Waals surface area contributed by atoms with Crippen molar-refractivity contribution in [1.82, 2.24) is 5.32 Å². The molecule has 1 aromatic rings. The predicted octanol–water partition coefficient (Wildman–Crippen LogP) is 2.59. The molecule has 1 aromatic carbocycles. The van der Waals surface area contributed by atoms with Crippen LogP contribution in [0.15, 0.2) is 24.3 Å². The number of aliphatic carboxylic acids is 1. The lowest BCUT2D eigenvalue weighted by molar-refractivity contribution is -0.161. The maximum Gasteiger partial charge on any atom is 0.330 e. The Morgan fingerprint density at radius 1 is 1.13 bits per heavy atom. The quantitative estimate of drug-likeness (QED) is 0.572. The van der Waals surface area contributed by atoms with Crippen LogP contribution in [-0.4, -0.2) is 40.6 Å². The number of hydrogen-bond acceptors (Lipinski definition) is 5. The number of carboxylic acid groups (broad SMARTS) is 1. The van der Waals surface area contributed by atoms with Crippen LogP contribution in [0, 0.1) is 11.3 Å². The van der Waals surface area contributed by atoms with E-state index in [0.717, 1.165) is 24.0 Å². The molecule has 0 heterocycles. The largest absolute Gasteiger partial charge is 0.479 e. The van der Waals surface area contributed by atoms with Gasteiger partial charge in [0, 0.05) is 19.4 Å². The summed E-state index contributed by atoms with van der Waals surface area (Å²) in [5.74, 6) is -2.34. The summed E-state index contributed by atoms with van der Waals surface area (Å²) >= 11 is 0. The van der Waals surface area contributed by atoms with Gasteiger partial charge < -0.3 is 20.9 Å². The molecule has 170 valence electrons. The van der Waals surface area contributed by atoms with Gasteiger partial charge in [0.1, 0.15) is 11.1 Å². The first-order valence-electron chi connectivity index (χ1n) is 11.1. The maximum absolute atomic E-state index is 13.6. The number of fused-ring (bicyclic) bond motifs is 1. The molecule has 7 heteroatoms. The number of carbonyl (C=O) groups excluding carboxylic acids is 2. The van der Waals surface area contributed by atoms with Crippen molar-refractivity contribution in [3.8, 4) is 0 Å². The van der Waals surface area contributed by atoms with Crippen LogP contribution < -0.4 is 11.1 Å². The fraction of sp³-hybridized carbons (Fsp3) is 0.625. The number of ether oxygens (including phenoxy) is 1. The van der Waals surface area contributed by atoms with Crippen LogP contribution in [0.1, 0.15) is 64.0 Å². The van der Waals surface area contributed by atoms with Crippen molar-refractivity contribution < 1.29 is 24.2 Å². The number of nitrogens with two attached hydrogens (primary N) is 1. The fourth-order valence-corrected chi connectivity index (χ4v) is 4.95. The van der Waals surface area contributed by atoms with Crippen LogP contribution in [-0.2, 0) is 32.0 Å². The first kappa shape index (κ1) is 23.3. The van der Waals surface area contributed by atoms with E-state index in [1.807, 2.05) is 24.3 Å². The molecule has 4 N–H and O–H groups in total. The molecule has 1 saturated carbocycles. The molecule has 3 rings (SSSR count). The summed E-state index contributed by atoms with van der Waals surface area (Å²) in [6, 6.07) is 7.57. The molecule has 2 aliphatic carbocycles. The molecule has 1 amide bonds. The first-order chi connectivity index (χ1) is 14.5. The summed E-state index contributed by atoms with van der Waals surface area (Å²) in [6.07, 6.45) is 3.73. The average Bonchev–Trinajstić information content (AvgIpc) is 3.30. The monoisotopic (exact) mass is 430 g/mol. The molecule has 0 aromatic heterocycles. The Bertz CT molecular complexity index is 827. The number of hydrogen-bond donors (Lipinski definition) is 3. The van der Waals surface area contributed by atoms with Crippen molar-refractivity contribution in [3.05, 3.63) is 35.4 Å².